The number of amides is 1. The number of nitrogens with one attached hydrogen (secondary N) is 1. The number of hydrogen-bond acceptors (Lipinski definition) is 4. The Balaban J connectivity index is 1.59. The van der Waals surface area contributed by atoms with Crippen molar-refractivity contribution in [2.24, 2.45) is 0 Å². The van der Waals surface area contributed by atoms with Crippen LogP contribution in [0.2, 0.25) is 0 Å². The van der Waals surface area contributed by atoms with Gasteiger partial charge in [0.25, 0.3) is 5.91 Å². The summed E-state index contributed by atoms with van der Waals surface area (Å²) in [6.07, 6.45) is 4.98. The van der Waals surface area contributed by atoms with Crippen molar-refractivity contribution in [2.75, 3.05) is 11.9 Å². The number of carbonyl (C=O) groups is 2. The average Bonchev–Trinajstić information content (AvgIpc) is 2.69. The molecule has 0 radical (unpaired) electrons. The molecule has 6 heteroatoms. The number of hydrogen-bond donors (Lipinski definition) is 1. The first kappa shape index (κ1) is 18.9. The van der Waals surface area contributed by atoms with Gasteiger partial charge in [-0.25, -0.2) is 9.18 Å². The van der Waals surface area contributed by atoms with E-state index in [0.29, 0.717) is 0 Å². The summed E-state index contributed by atoms with van der Waals surface area (Å²) >= 11 is 0. The van der Waals surface area contributed by atoms with Gasteiger partial charge in [-0.1, -0.05) is 30.7 Å². The summed E-state index contributed by atoms with van der Waals surface area (Å²) in [5.41, 5.74) is 0.359. The lowest BCUT2D eigenvalue weighted by atomic mass is 9.98. The molecule has 1 aliphatic rings. The van der Waals surface area contributed by atoms with Crippen LogP contribution in [0.1, 0.15) is 42.5 Å². The molecule has 142 valence electrons. The van der Waals surface area contributed by atoms with Crippen LogP contribution in [0.4, 0.5) is 10.1 Å². The summed E-state index contributed by atoms with van der Waals surface area (Å²) < 4.78 is 24.6. The van der Waals surface area contributed by atoms with Crippen molar-refractivity contribution in [3.05, 3.63) is 59.9 Å². The molecule has 0 atom stereocenters. The molecule has 0 spiro atoms. The number of halogens is 1. The Bertz CT molecular complexity index is 802. The van der Waals surface area contributed by atoms with Crippen LogP contribution >= 0.6 is 0 Å². The van der Waals surface area contributed by atoms with Crippen molar-refractivity contribution >= 4 is 17.6 Å². The van der Waals surface area contributed by atoms with Crippen LogP contribution in [0.15, 0.2) is 48.5 Å². The van der Waals surface area contributed by atoms with Gasteiger partial charge in [0.15, 0.2) is 6.61 Å². The fourth-order valence-electron chi connectivity index (χ4n) is 3.05. The lowest BCUT2D eigenvalue weighted by molar-refractivity contribution is -0.118. The molecule has 1 fully saturated rings. The molecular formula is C21H22FNO4. The van der Waals surface area contributed by atoms with Crippen LogP contribution in [0.25, 0.3) is 0 Å². The fourth-order valence-corrected chi connectivity index (χ4v) is 3.05. The maximum absolute atomic E-state index is 13.6. The molecular weight excluding hydrogens is 349 g/mol. The van der Waals surface area contributed by atoms with Crippen molar-refractivity contribution in [2.45, 2.75) is 38.2 Å². The minimum atomic E-state index is -0.526. The van der Waals surface area contributed by atoms with Gasteiger partial charge in [0.2, 0.25) is 0 Å². The van der Waals surface area contributed by atoms with Crippen molar-refractivity contribution in [3.8, 4) is 5.75 Å². The molecule has 0 heterocycles. The highest BCUT2D eigenvalue weighted by Crippen LogP contribution is 2.24. The molecule has 0 aliphatic heterocycles. The van der Waals surface area contributed by atoms with Crippen LogP contribution < -0.4 is 10.1 Å². The zero-order valence-corrected chi connectivity index (χ0v) is 14.9. The first-order valence-corrected chi connectivity index (χ1v) is 9.10. The fraction of sp³-hybridized carbons (Fsp3) is 0.333. The number of rotatable bonds is 6. The minimum absolute atomic E-state index is 0.0661. The van der Waals surface area contributed by atoms with E-state index in [1.807, 2.05) is 0 Å². The largest absolute Gasteiger partial charge is 0.483 e. The molecule has 2 aromatic carbocycles. The summed E-state index contributed by atoms with van der Waals surface area (Å²) in [5, 5.41) is 2.44. The maximum atomic E-state index is 13.6. The molecule has 1 amide bonds. The monoisotopic (exact) mass is 371 g/mol. The highest BCUT2D eigenvalue weighted by atomic mass is 19.1. The summed E-state index contributed by atoms with van der Waals surface area (Å²) in [4.78, 5) is 24.5. The first-order chi connectivity index (χ1) is 13.1. The summed E-state index contributed by atoms with van der Waals surface area (Å²) in [7, 11) is 0. The molecule has 0 unspecified atom stereocenters. The molecule has 0 saturated heterocycles. The minimum Gasteiger partial charge on any atom is -0.483 e. The highest BCUT2D eigenvalue weighted by Gasteiger charge is 2.21. The zero-order valence-electron chi connectivity index (χ0n) is 14.9. The topological polar surface area (TPSA) is 64.6 Å². The predicted octanol–water partition coefficient (Wildman–Crippen LogP) is 4.33. The second kappa shape index (κ2) is 9.16. The third-order valence-electron chi connectivity index (χ3n) is 4.44. The predicted molar refractivity (Wildman–Crippen MR) is 99.3 cm³/mol. The molecule has 27 heavy (non-hydrogen) atoms. The average molecular weight is 371 g/mol. The van der Waals surface area contributed by atoms with Gasteiger partial charge in [-0.15, -0.1) is 0 Å². The zero-order chi connectivity index (χ0) is 19.1. The van der Waals surface area contributed by atoms with Gasteiger partial charge >= 0.3 is 5.97 Å². The quantitative estimate of drug-likeness (QED) is 0.768. The SMILES string of the molecule is O=C(COc1ccccc1C(=O)OC1CCCCC1)Nc1ccccc1F. The molecule has 0 bridgehead atoms. The van der Waals surface area contributed by atoms with Crippen molar-refractivity contribution in [1.29, 1.82) is 0 Å². The Morgan fingerprint density at radius 1 is 1.00 bits per heavy atom. The molecule has 2 aromatic rings. The van der Waals surface area contributed by atoms with E-state index in [9.17, 15) is 14.0 Å². The molecule has 0 aromatic heterocycles. The standard InChI is InChI=1S/C21H22FNO4/c22-17-11-5-6-12-18(17)23-20(24)14-26-19-13-7-4-10-16(19)21(25)27-15-8-2-1-3-9-15/h4-7,10-13,15H,1-3,8-9,14H2,(H,23,24). The van der Waals surface area contributed by atoms with E-state index in [0.717, 1.165) is 25.7 Å². The maximum Gasteiger partial charge on any atom is 0.342 e. The van der Waals surface area contributed by atoms with Gasteiger partial charge in [-0.3, -0.25) is 4.79 Å². The molecule has 5 nitrogen and oxygen atoms in total. The summed E-state index contributed by atoms with van der Waals surface area (Å²) in [6, 6.07) is 12.5. The Morgan fingerprint density at radius 3 is 2.48 bits per heavy atom. The van der Waals surface area contributed by atoms with Gasteiger partial charge in [0.05, 0.1) is 5.69 Å². The number of ether oxygens (including phenoxy) is 2. The first-order valence-electron chi connectivity index (χ1n) is 9.10. The van der Waals surface area contributed by atoms with Gasteiger partial charge < -0.3 is 14.8 Å². The number of esters is 1. The van der Waals surface area contributed by atoms with E-state index in [-0.39, 0.29) is 29.7 Å². The van der Waals surface area contributed by atoms with Gasteiger partial charge in [-0.05, 0) is 49.9 Å². The van der Waals surface area contributed by atoms with Gasteiger partial charge in [0.1, 0.15) is 23.2 Å². The van der Waals surface area contributed by atoms with Crippen molar-refractivity contribution in [1.82, 2.24) is 0 Å². The lowest BCUT2D eigenvalue weighted by Gasteiger charge is -2.22. The number of carbonyl (C=O) groups excluding carboxylic acids is 2. The van der Waals surface area contributed by atoms with E-state index in [2.05, 4.69) is 5.32 Å². The molecule has 1 saturated carbocycles. The smallest absolute Gasteiger partial charge is 0.342 e. The Morgan fingerprint density at radius 2 is 1.70 bits per heavy atom. The lowest BCUT2D eigenvalue weighted by Crippen LogP contribution is -2.23. The Hall–Kier alpha value is -2.89. The molecule has 3 rings (SSSR count). The van der Waals surface area contributed by atoms with Crippen LogP contribution in [0, 0.1) is 5.82 Å². The second-order valence-electron chi connectivity index (χ2n) is 6.48. The van der Waals surface area contributed by atoms with Crippen LogP contribution in [-0.4, -0.2) is 24.6 Å². The van der Waals surface area contributed by atoms with Gasteiger partial charge in [0, 0.05) is 0 Å². The number of anilines is 1. The van der Waals surface area contributed by atoms with Crippen LogP contribution in [0.3, 0.4) is 0 Å². The van der Waals surface area contributed by atoms with Crippen LogP contribution in [-0.2, 0) is 9.53 Å². The second-order valence-corrected chi connectivity index (χ2v) is 6.48. The number of benzene rings is 2. The van der Waals surface area contributed by atoms with Crippen molar-refractivity contribution in [3.63, 3.8) is 0 Å². The van der Waals surface area contributed by atoms with E-state index in [1.54, 1.807) is 30.3 Å². The van der Waals surface area contributed by atoms with E-state index < -0.39 is 17.7 Å². The van der Waals surface area contributed by atoms with E-state index >= 15 is 0 Å². The Kier molecular flexibility index (Phi) is 6.41. The normalized spacial score (nSPS) is 14.4. The Labute approximate surface area is 157 Å². The third-order valence-corrected chi connectivity index (χ3v) is 4.44. The molecule has 1 aliphatic carbocycles. The van der Waals surface area contributed by atoms with Crippen LogP contribution in [0.5, 0.6) is 5.75 Å². The molecule has 1 N–H and O–H groups in total. The summed E-state index contributed by atoms with van der Waals surface area (Å²) in [5.74, 6) is -1.23. The number of para-hydroxylation sites is 2. The van der Waals surface area contributed by atoms with E-state index in [4.69, 9.17) is 9.47 Å². The van der Waals surface area contributed by atoms with Gasteiger partial charge in [-0.2, -0.15) is 0 Å². The third kappa shape index (κ3) is 5.29. The highest BCUT2D eigenvalue weighted by molar-refractivity contribution is 5.94. The van der Waals surface area contributed by atoms with E-state index in [1.165, 1.54) is 24.6 Å². The van der Waals surface area contributed by atoms with Crippen molar-refractivity contribution < 1.29 is 23.5 Å². The summed E-state index contributed by atoms with van der Waals surface area (Å²) in [6.45, 7) is -0.345.